The molecular weight excluding hydrogens is 610 g/mol. The monoisotopic (exact) mass is 690 g/mol. The van der Waals surface area contributed by atoms with Crippen LogP contribution in [0, 0.1) is 0 Å². The van der Waals surface area contributed by atoms with E-state index in [2.05, 4.69) is 37.4 Å². The van der Waals surface area contributed by atoms with Gasteiger partial charge in [-0.15, -0.1) is 0 Å². The first-order chi connectivity index (χ1) is 24.0. The van der Waals surface area contributed by atoms with E-state index in [-0.39, 0.29) is 24.5 Å². The highest BCUT2D eigenvalue weighted by atomic mass is 16.5. The van der Waals surface area contributed by atoms with Crippen molar-refractivity contribution in [3.63, 3.8) is 0 Å². The van der Waals surface area contributed by atoms with E-state index in [0.717, 1.165) is 64.2 Å². The molecule has 2 N–H and O–H groups in total. The summed E-state index contributed by atoms with van der Waals surface area (Å²) < 4.78 is 5.85. The van der Waals surface area contributed by atoms with Gasteiger partial charge in [0.1, 0.15) is 12.6 Å². The van der Waals surface area contributed by atoms with Crippen LogP contribution < -0.4 is 5.32 Å². The van der Waals surface area contributed by atoms with Gasteiger partial charge in [-0.2, -0.15) is 0 Å². The fraction of sp³-hybridized carbons (Fsp3) is 0.837. The molecule has 6 nitrogen and oxygen atoms in total. The number of carbonyl (C=O) groups is 3. The van der Waals surface area contributed by atoms with Crippen LogP contribution in [0.1, 0.15) is 219 Å². The average Bonchev–Trinajstić information content (AvgIpc) is 3.08. The molecule has 0 aromatic carbocycles. The molecule has 0 aliphatic heterocycles. The Hall–Kier alpha value is -2.11. The number of hydrogen-bond acceptors (Lipinski definition) is 4. The minimum absolute atomic E-state index is 0.0977. The Labute approximate surface area is 303 Å². The molecule has 0 fully saturated rings. The molecular formula is C43H79NO5. The maximum Gasteiger partial charge on any atom is 0.322 e. The molecule has 0 saturated heterocycles. The third kappa shape index (κ3) is 38.5. The summed E-state index contributed by atoms with van der Waals surface area (Å²) in [6.07, 6.45) is 46.3. The second-order valence-corrected chi connectivity index (χ2v) is 14.3. The number of allylic oxidation sites excluding steroid dienone is 3. The highest BCUT2D eigenvalue weighted by Gasteiger charge is 2.12. The van der Waals surface area contributed by atoms with E-state index < -0.39 is 5.97 Å². The number of carbonyl (C=O) groups excluding carboxylic acids is 2. The lowest BCUT2D eigenvalue weighted by atomic mass is 10.0. The van der Waals surface area contributed by atoms with Crippen molar-refractivity contribution in [1.82, 2.24) is 5.32 Å². The number of aliphatic carboxylic acids is 1. The minimum Gasteiger partial charge on any atom is -0.480 e. The number of nitrogens with one attached hydrogen (secondary N) is 1. The van der Waals surface area contributed by atoms with Crippen LogP contribution >= 0.6 is 0 Å². The lowest BCUT2D eigenvalue weighted by molar-refractivity contribution is -0.147. The van der Waals surface area contributed by atoms with Crippen LogP contribution in [0.4, 0.5) is 0 Å². The summed E-state index contributed by atoms with van der Waals surface area (Å²) in [7, 11) is 0. The summed E-state index contributed by atoms with van der Waals surface area (Å²) in [5.74, 6) is -1.35. The number of unbranched alkanes of at least 4 members (excludes halogenated alkanes) is 25. The smallest absolute Gasteiger partial charge is 0.322 e. The van der Waals surface area contributed by atoms with Crippen molar-refractivity contribution < 1.29 is 24.2 Å². The zero-order chi connectivity index (χ0) is 35.9. The predicted molar refractivity (Wildman–Crippen MR) is 208 cm³/mol. The van der Waals surface area contributed by atoms with Crippen LogP contribution in [0.2, 0.25) is 0 Å². The number of amides is 1. The molecule has 1 unspecified atom stereocenters. The van der Waals surface area contributed by atoms with Crippen molar-refractivity contribution in [3.05, 3.63) is 24.3 Å². The van der Waals surface area contributed by atoms with E-state index in [1.807, 2.05) is 6.08 Å². The first kappa shape index (κ1) is 46.9. The molecule has 0 rings (SSSR count). The van der Waals surface area contributed by atoms with E-state index in [4.69, 9.17) is 9.84 Å². The molecule has 286 valence electrons. The topological polar surface area (TPSA) is 92.7 Å². The largest absolute Gasteiger partial charge is 0.480 e. The Morgan fingerprint density at radius 1 is 0.551 bits per heavy atom. The van der Waals surface area contributed by atoms with Gasteiger partial charge < -0.3 is 15.2 Å². The van der Waals surface area contributed by atoms with Gasteiger partial charge in [0.15, 0.2) is 0 Å². The minimum atomic E-state index is -1.03. The Bertz CT molecular complexity index is 808. The van der Waals surface area contributed by atoms with Gasteiger partial charge in [0.05, 0.1) is 0 Å². The van der Waals surface area contributed by atoms with E-state index in [9.17, 15) is 14.4 Å². The van der Waals surface area contributed by atoms with Crippen LogP contribution in [-0.2, 0) is 19.1 Å². The fourth-order valence-corrected chi connectivity index (χ4v) is 6.24. The lowest BCUT2D eigenvalue weighted by Crippen LogP contribution is -2.28. The Balaban J connectivity index is 3.84. The summed E-state index contributed by atoms with van der Waals surface area (Å²) >= 11 is 0. The molecule has 0 aliphatic rings. The van der Waals surface area contributed by atoms with E-state index in [0.29, 0.717) is 12.8 Å². The van der Waals surface area contributed by atoms with Gasteiger partial charge in [-0.3, -0.25) is 14.4 Å². The van der Waals surface area contributed by atoms with Crippen molar-refractivity contribution >= 4 is 17.8 Å². The third-order valence-electron chi connectivity index (χ3n) is 9.34. The van der Waals surface area contributed by atoms with Gasteiger partial charge in [0, 0.05) is 12.8 Å². The number of rotatable bonds is 38. The van der Waals surface area contributed by atoms with Crippen molar-refractivity contribution in [3.8, 4) is 0 Å². The van der Waals surface area contributed by atoms with Gasteiger partial charge >= 0.3 is 11.9 Å². The van der Waals surface area contributed by atoms with Crippen LogP contribution in [0.5, 0.6) is 0 Å². The first-order valence-electron chi connectivity index (χ1n) is 21.0. The van der Waals surface area contributed by atoms with Crippen LogP contribution in [-0.4, -0.2) is 35.6 Å². The molecule has 6 heteroatoms. The highest BCUT2D eigenvalue weighted by molar-refractivity contribution is 5.80. The Kier molecular flexibility index (Phi) is 37.0. The van der Waals surface area contributed by atoms with E-state index in [1.165, 1.54) is 128 Å². The van der Waals surface area contributed by atoms with Crippen molar-refractivity contribution in [2.24, 2.45) is 0 Å². The van der Waals surface area contributed by atoms with Gasteiger partial charge in [-0.25, -0.2) is 0 Å². The third-order valence-corrected chi connectivity index (χ3v) is 9.34. The molecule has 49 heavy (non-hydrogen) atoms. The van der Waals surface area contributed by atoms with Gasteiger partial charge in [0.2, 0.25) is 5.91 Å². The number of hydrogen-bond donors (Lipinski definition) is 2. The number of esters is 1. The van der Waals surface area contributed by atoms with Crippen molar-refractivity contribution in [1.29, 1.82) is 0 Å². The van der Waals surface area contributed by atoms with Gasteiger partial charge in [-0.05, 0) is 44.6 Å². The molecule has 0 aromatic heterocycles. The first-order valence-corrected chi connectivity index (χ1v) is 21.0. The molecule has 0 aliphatic carbocycles. The molecule has 0 bridgehead atoms. The maximum absolute atomic E-state index is 12.6. The van der Waals surface area contributed by atoms with Gasteiger partial charge in [0.25, 0.3) is 0 Å². The van der Waals surface area contributed by atoms with E-state index in [1.54, 1.807) is 0 Å². The Morgan fingerprint density at radius 2 is 1.00 bits per heavy atom. The quantitative estimate of drug-likeness (QED) is 0.0382. The number of carboxylic acids is 1. The summed E-state index contributed by atoms with van der Waals surface area (Å²) in [6, 6.07) is 0. The number of ether oxygens (including phenoxy) is 1. The summed E-state index contributed by atoms with van der Waals surface area (Å²) in [6.45, 7) is 4.13. The predicted octanol–water partition coefficient (Wildman–Crippen LogP) is 12.7. The maximum atomic E-state index is 12.6. The standard InChI is InChI=1S/C43H79NO5/c1-3-5-7-9-11-12-13-14-15-16-17-18-19-20-21-22-23-24-25-26-28-34-38-43(48)49-40(35-31-27-10-8-6-4-2)36-32-29-30-33-37-41(45)44-39-42(46)47/h8,10,31,35,40H,3-7,9,11-30,32-34,36-39H2,1-2H3,(H,44,45)(H,46,47)/b10-8-,35-31-. The molecule has 0 saturated carbocycles. The van der Waals surface area contributed by atoms with Crippen LogP contribution in [0.15, 0.2) is 24.3 Å². The summed E-state index contributed by atoms with van der Waals surface area (Å²) in [4.78, 5) is 34.8. The molecule has 1 amide bonds. The molecule has 0 spiro atoms. The average molecular weight is 690 g/mol. The second kappa shape index (κ2) is 38.7. The zero-order valence-electron chi connectivity index (χ0n) is 32.3. The van der Waals surface area contributed by atoms with Gasteiger partial charge in [-0.1, -0.05) is 186 Å². The molecule has 0 aromatic rings. The van der Waals surface area contributed by atoms with Crippen molar-refractivity contribution in [2.75, 3.05) is 6.54 Å². The summed E-state index contributed by atoms with van der Waals surface area (Å²) in [5, 5.41) is 11.0. The SMILES string of the molecule is CCC/C=C\C/C=C\C(CCCCCCC(=O)NCC(=O)O)OC(=O)CCCCCCCCCCCCCCCCCCCCCCCC. The summed E-state index contributed by atoms with van der Waals surface area (Å²) in [5.41, 5.74) is 0. The van der Waals surface area contributed by atoms with Crippen LogP contribution in [0.3, 0.4) is 0 Å². The van der Waals surface area contributed by atoms with Crippen molar-refractivity contribution in [2.45, 2.75) is 225 Å². The zero-order valence-corrected chi connectivity index (χ0v) is 32.3. The second-order valence-electron chi connectivity index (χ2n) is 14.3. The molecule has 1 atom stereocenters. The fourth-order valence-electron chi connectivity index (χ4n) is 6.24. The normalized spacial score (nSPS) is 12.2. The molecule has 0 radical (unpaired) electrons. The molecule has 0 heterocycles. The van der Waals surface area contributed by atoms with E-state index >= 15 is 0 Å². The Morgan fingerprint density at radius 3 is 1.47 bits per heavy atom. The highest BCUT2D eigenvalue weighted by Crippen LogP contribution is 2.17. The number of carboxylic acid groups (broad SMARTS) is 1. The lowest BCUT2D eigenvalue weighted by Gasteiger charge is -2.14. The van der Waals surface area contributed by atoms with Crippen LogP contribution in [0.25, 0.3) is 0 Å².